The zero-order valence-electron chi connectivity index (χ0n) is 10.1. The normalized spacial score (nSPS) is 17.1. The van der Waals surface area contributed by atoms with Crippen molar-refractivity contribution >= 4 is 36.1 Å². The smallest absolute Gasteiger partial charge is 0.310 e. The Morgan fingerprint density at radius 2 is 1.79 bits per heavy atom. The Bertz CT molecular complexity index is 631. The van der Waals surface area contributed by atoms with Gasteiger partial charge in [0.25, 0.3) is 0 Å². The highest BCUT2D eigenvalue weighted by Crippen LogP contribution is 2.33. The second kappa shape index (κ2) is 5.18. The van der Waals surface area contributed by atoms with Gasteiger partial charge in [0.1, 0.15) is 0 Å². The highest BCUT2D eigenvalue weighted by Gasteiger charge is 2.27. The highest BCUT2D eigenvalue weighted by molar-refractivity contribution is 6.49. The van der Waals surface area contributed by atoms with Gasteiger partial charge in [-0.1, -0.05) is 35.3 Å². The Labute approximate surface area is 122 Å². The van der Waals surface area contributed by atoms with Gasteiger partial charge in [-0.2, -0.15) is 0 Å². The van der Waals surface area contributed by atoms with Crippen molar-refractivity contribution in [1.29, 1.82) is 0 Å². The molecule has 0 amide bonds. The maximum atomic E-state index is 9.47. The van der Waals surface area contributed by atoms with Gasteiger partial charge in [-0.25, -0.2) is 0 Å². The summed E-state index contributed by atoms with van der Waals surface area (Å²) in [5.41, 5.74) is 3.91. The number of rotatable bonds is 2. The van der Waals surface area contributed by atoms with E-state index in [1.165, 1.54) is 0 Å². The molecule has 3 rings (SSSR count). The molecule has 0 bridgehead atoms. The Balaban J connectivity index is 2.08. The van der Waals surface area contributed by atoms with Crippen molar-refractivity contribution in [3.63, 3.8) is 0 Å². The molecule has 0 saturated carbocycles. The van der Waals surface area contributed by atoms with E-state index in [1.54, 1.807) is 6.07 Å². The van der Waals surface area contributed by atoms with E-state index < -0.39 is 0 Å². The lowest BCUT2D eigenvalue weighted by molar-refractivity contribution is 0.258. The quantitative estimate of drug-likeness (QED) is 0.862. The second-order valence-electron chi connectivity index (χ2n) is 4.54. The largest absolute Gasteiger partial charge is 0.424 e. The first-order valence-corrected chi connectivity index (χ1v) is 6.74. The van der Waals surface area contributed by atoms with E-state index in [4.69, 9.17) is 27.9 Å². The third-order valence-electron chi connectivity index (χ3n) is 3.35. The molecule has 2 aromatic rings. The van der Waals surface area contributed by atoms with Crippen LogP contribution in [0.5, 0.6) is 0 Å². The molecule has 1 unspecified atom stereocenters. The average Bonchev–Trinajstić information content (AvgIpc) is 2.81. The van der Waals surface area contributed by atoms with Gasteiger partial charge in [0, 0.05) is 10.0 Å². The molecule has 1 atom stereocenters. The standard InChI is InChI=1S/C14H11BCl2O2/c16-9-1-3-11(8(5-9)7-18)14-12-6-10(17)2-4-13(12)15-19-14/h1-6,14-15,18H,7H2. The van der Waals surface area contributed by atoms with Crippen LogP contribution in [0.4, 0.5) is 0 Å². The minimum atomic E-state index is -0.187. The van der Waals surface area contributed by atoms with Crippen molar-refractivity contribution in [2.45, 2.75) is 12.7 Å². The third kappa shape index (κ3) is 2.39. The minimum Gasteiger partial charge on any atom is -0.424 e. The van der Waals surface area contributed by atoms with Crippen LogP contribution in [0.1, 0.15) is 22.8 Å². The van der Waals surface area contributed by atoms with Crippen molar-refractivity contribution < 1.29 is 9.76 Å². The van der Waals surface area contributed by atoms with Crippen LogP contribution in [0.3, 0.4) is 0 Å². The Kier molecular flexibility index (Phi) is 3.55. The maximum Gasteiger partial charge on any atom is 0.310 e. The summed E-state index contributed by atoms with van der Waals surface area (Å²) in [5.74, 6) is 0. The fourth-order valence-electron chi connectivity index (χ4n) is 2.43. The monoisotopic (exact) mass is 292 g/mol. The van der Waals surface area contributed by atoms with Crippen LogP contribution < -0.4 is 5.46 Å². The predicted octanol–water partition coefficient (Wildman–Crippen LogP) is 2.58. The molecule has 1 aliphatic heterocycles. The lowest BCUT2D eigenvalue weighted by Crippen LogP contribution is -2.10. The Morgan fingerprint density at radius 3 is 2.58 bits per heavy atom. The van der Waals surface area contributed by atoms with Gasteiger partial charge in [0.05, 0.1) is 12.7 Å². The molecule has 0 spiro atoms. The van der Waals surface area contributed by atoms with Gasteiger partial charge in [-0.05, 0) is 46.4 Å². The van der Waals surface area contributed by atoms with Crippen LogP contribution in [0.2, 0.25) is 10.0 Å². The molecule has 0 radical (unpaired) electrons. The van der Waals surface area contributed by atoms with Crippen LogP contribution in [0, 0.1) is 0 Å². The summed E-state index contributed by atoms with van der Waals surface area (Å²) < 4.78 is 5.83. The fourth-order valence-corrected chi connectivity index (χ4v) is 2.80. The zero-order chi connectivity index (χ0) is 13.4. The van der Waals surface area contributed by atoms with Gasteiger partial charge >= 0.3 is 7.48 Å². The van der Waals surface area contributed by atoms with Gasteiger partial charge in [-0.15, -0.1) is 0 Å². The molecular weight excluding hydrogens is 282 g/mol. The lowest BCUT2D eigenvalue weighted by atomic mass is 9.85. The van der Waals surface area contributed by atoms with Gasteiger partial charge in [0.15, 0.2) is 0 Å². The fraction of sp³-hybridized carbons (Fsp3) is 0.143. The number of halogens is 2. The summed E-state index contributed by atoms with van der Waals surface area (Å²) in [7, 11) is 0.560. The molecular formula is C14H11BCl2O2. The second-order valence-corrected chi connectivity index (χ2v) is 5.41. The molecule has 0 aromatic heterocycles. The molecule has 1 heterocycles. The molecule has 0 aliphatic carbocycles. The van der Waals surface area contributed by atoms with Crippen molar-refractivity contribution in [2.24, 2.45) is 0 Å². The third-order valence-corrected chi connectivity index (χ3v) is 3.82. The van der Waals surface area contributed by atoms with Crippen molar-refractivity contribution in [3.05, 3.63) is 63.1 Å². The first kappa shape index (κ1) is 13.0. The predicted molar refractivity (Wildman–Crippen MR) is 78.5 cm³/mol. The molecule has 5 heteroatoms. The number of fused-ring (bicyclic) bond motifs is 1. The molecule has 96 valence electrons. The number of aliphatic hydroxyl groups is 1. The first-order chi connectivity index (χ1) is 9.19. The number of hydrogen-bond acceptors (Lipinski definition) is 2. The highest BCUT2D eigenvalue weighted by atomic mass is 35.5. The summed E-state index contributed by atoms with van der Waals surface area (Å²) in [6, 6.07) is 11.2. The summed E-state index contributed by atoms with van der Waals surface area (Å²) >= 11 is 12.0. The SMILES string of the molecule is OCc1cc(Cl)ccc1C1OBc2ccc(Cl)cc21. The zero-order valence-corrected chi connectivity index (χ0v) is 11.6. The van der Waals surface area contributed by atoms with E-state index in [1.807, 2.05) is 30.3 Å². The summed E-state index contributed by atoms with van der Waals surface area (Å²) in [5, 5.41) is 10.8. The molecule has 0 fully saturated rings. The summed E-state index contributed by atoms with van der Waals surface area (Å²) in [6.07, 6.45) is -0.187. The number of hydrogen-bond donors (Lipinski definition) is 1. The van der Waals surface area contributed by atoms with Crippen LogP contribution in [0.25, 0.3) is 0 Å². The summed E-state index contributed by atoms with van der Waals surface area (Å²) in [6.45, 7) is -0.0638. The first-order valence-electron chi connectivity index (χ1n) is 5.98. The van der Waals surface area contributed by atoms with Crippen LogP contribution in [-0.2, 0) is 11.3 Å². The van der Waals surface area contributed by atoms with Gasteiger partial charge in [0.2, 0.25) is 0 Å². The van der Waals surface area contributed by atoms with Gasteiger partial charge < -0.3 is 9.76 Å². The van der Waals surface area contributed by atoms with Crippen molar-refractivity contribution in [3.8, 4) is 0 Å². The van der Waals surface area contributed by atoms with E-state index >= 15 is 0 Å². The van der Waals surface area contributed by atoms with Crippen LogP contribution in [-0.4, -0.2) is 12.6 Å². The number of benzene rings is 2. The van der Waals surface area contributed by atoms with Crippen molar-refractivity contribution in [1.82, 2.24) is 0 Å². The Hall–Kier alpha value is -0.995. The average molecular weight is 293 g/mol. The van der Waals surface area contributed by atoms with Crippen LogP contribution in [0.15, 0.2) is 36.4 Å². The van der Waals surface area contributed by atoms with E-state index in [9.17, 15) is 5.11 Å². The topological polar surface area (TPSA) is 29.5 Å². The molecule has 0 saturated heterocycles. The lowest BCUT2D eigenvalue weighted by Gasteiger charge is -2.17. The molecule has 1 aliphatic rings. The molecule has 19 heavy (non-hydrogen) atoms. The van der Waals surface area contributed by atoms with E-state index in [0.29, 0.717) is 17.5 Å². The van der Waals surface area contributed by atoms with E-state index in [2.05, 4.69) is 0 Å². The summed E-state index contributed by atoms with van der Waals surface area (Å²) in [4.78, 5) is 0. The van der Waals surface area contributed by atoms with Crippen LogP contribution >= 0.6 is 23.2 Å². The van der Waals surface area contributed by atoms with Crippen molar-refractivity contribution in [2.75, 3.05) is 0 Å². The molecule has 1 N–H and O–H groups in total. The van der Waals surface area contributed by atoms with E-state index in [0.717, 1.165) is 22.2 Å². The van der Waals surface area contributed by atoms with Gasteiger partial charge in [-0.3, -0.25) is 0 Å². The minimum absolute atomic E-state index is 0.0638. The molecule has 2 nitrogen and oxygen atoms in total. The maximum absolute atomic E-state index is 9.47. The van der Waals surface area contributed by atoms with E-state index in [-0.39, 0.29) is 12.7 Å². The molecule has 2 aromatic carbocycles. The Morgan fingerprint density at radius 1 is 1.05 bits per heavy atom. The number of aliphatic hydroxyl groups excluding tert-OH is 1.